The van der Waals surface area contributed by atoms with Gasteiger partial charge >= 0.3 is 0 Å². The summed E-state index contributed by atoms with van der Waals surface area (Å²) in [5, 5.41) is 21.0. The summed E-state index contributed by atoms with van der Waals surface area (Å²) in [5.74, 6) is -0.0983. The summed E-state index contributed by atoms with van der Waals surface area (Å²) in [6, 6.07) is 8.86. The van der Waals surface area contributed by atoms with Gasteiger partial charge in [-0.3, -0.25) is 10.2 Å². The molecule has 0 unspecified atom stereocenters. The minimum Gasteiger partial charge on any atom is -0.375 e. The maximum atomic E-state index is 12.1. The number of carbonyl (C=O) groups excluding carboxylic acids is 1. The zero-order valence-corrected chi connectivity index (χ0v) is 12.2. The first-order valence-electron chi connectivity index (χ1n) is 6.75. The quantitative estimate of drug-likeness (QED) is 0.669. The highest BCUT2D eigenvalue weighted by Gasteiger charge is 2.22. The molecular weight excluding hydrogens is 282 g/mol. The lowest BCUT2D eigenvalue weighted by Gasteiger charge is -2.29. The zero-order chi connectivity index (χ0) is 15.9. The Balaban J connectivity index is 2.26. The number of amides is 1. The van der Waals surface area contributed by atoms with E-state index in [-0.39, 0.29) is 18.2 Å². The van der Waals surface area contributed by atoms with Crippen molar-refractivity contribution in [1.29, 1.82) is 10.5 Å². The predicted octanol–water partition coefficient (Wildman–Crippen LogP) is 1.43. The van der Waals surface area contributed by atoms with Gasteiger partial charge in [-0.15, -0.1) is 0 Å². The van der Waals surface area contributed by atoms with Crippen LogP contribution in [0.25, 0.3) is 0 Å². The van der Waals surface area contributed by atoms with E-state index in [1.807, 2.05) is 6.07 Å². The Morgan fingerprint density at radius 3 is 2.91 bits per heavy atom. The highest BCUT2D eigenvalue weighted by atomic mass is 16.5. The van der Waals surface area contributed by atoms with Gasteiger partial charge in [0.1, 0.15) is 18.7 Å². The maximum absolute atomic E-state index is 12.1. The molecule has 1 N–H and O–H groups in total. The number of nitrogens with zero attached hydrogens (tertiary/aromatic N) is 4. The Labute approximate surface area is 128 Å². The molecule has 1 amide bonds. The number of rotatable bonds is 4. The second-order valence-electron chi connectivity index (χ2n) is 4.72. The van der Waals surface area contributed by atoms with Crippen molar-refractivity contribution in [2.75, 3.05) is 30.6 Å². The van der Waals surface area contributed by atoms with Crippen LogP contribution in [0.4, 0.5) is 11.4 Å². The number of hydrogen-bond acceptors (Lipinski definition) is 6. The average molecular weight is 297 g/mol. The van der Waals surface area contributed by atoms with Crippen LogP contribution in [0.5, 0.6) is 0 Å². The fourth-order valence-electron chi connectivity index (χ4n) is 2.30. The van der Waals surface area contributed by atoms with Crippen LogP contribution < -0.4 is 10.3 Å². The topological polar surface area (TPSA) is 102 Å². The summed E-state index contributed by atoms with van der Waals surface area (Å²) >= 11 is 0. The van der Waals surface area contributed by atoms with Crippen molar-refractivity contribution in [3.8, 4) is 12.1 Å². The van der Waals surface area contributed by atoms with Gasteiger partial charge in [-0.1, -0.05) is 6.07 Å². The van der Waals surface area contributed by atoms with Crippen molar-refractivity contribution in [2.45, 2.75) is 12.8 Å². The summed E-state index contributed by atoms with van der Waals surface area (Å²) in [5.41, 5.74) is 4.90. The molecule has 7 heteroatoms. The van der Waals surface area contributed by atoms with E-state index in [1.54, 1.807) is 29.2 Å². The van der Waals surface area contributed by atoms with Crippen molar-refractivity contribution in [1.82, 2.24) is 0 Å². The van der Waals surface area contributed by atoms with Crippen LogP contribution >= 0.6 is 0 Å². The van der Waals surface area contributed by atoms with Crippen molar-refractivity contribution in [3.63, 3.8) is 0 Å². The standard InChI is InChI=1S/C15H15N5O2/c1-22-10-15(21)20-6-2-3-11-4-5-12(7-14(11)20)18-19-13(8-16)9-17/h4-5,7,18H,2-3,6,10H2,1H3. The minimum absolute atomic E-state index is 0.0300. The SMILES string of the molecule is COCC(=O)N1CCCc2ccc(NN=C(C#N)C#N)cc21. The Hall–Kier alpha value is -2.90. The number of carbonyl (C=O) groups is 1. The summed E-state index contributed by atoms with van der Waals surface area (Å²) in [6.07, 6.45) is 1.80. The van der Waals surface area contributed by atoms with Gasteiger partial charge in [-0.05, 0) is 30.5 Å². The molecule has 0 aliphatic carbocycles. The first kappa shape index (κ1) is 15.5. The molecule has 1 aliphatic rings. The van der Waals surface area contributed by atoms with Gasteiger partial charge in [0.15, 0.2) is 0 Å². The molecule has 1 aromatic rings. The highest BCUT2D eigenvalue weighted by Crippen LogP contribution is 2.30. The van der Waals surface area contributed by atoms with Crippen LogP contribution in [0.15, 0.2) is 23.3 Å². The average Bonchev–Trinajstić information content (AvgIpc) is 2.55. The fourth-order valence-corrected chi connectivity index (χ4v) is 2.30. The molecule has 0 bridgehead atoms. The van der Waals surface area contributed by atoms with Crippen molar-refractivity contribution >= 4 is 23.0 Å². The third-order valence-corrected chi connectivity index (χ3v) is 3.28. The van der Waals surface area contributed by atoms with Crippen LogP contribution in [-0.4, -0.2) is 31.9 Å². The van der Waals surface area contributed by atoms with Crippen LogP contribution in [0.3, 0.4) is 0 Å². The van der Waals surface area contributed by atoms with E-state index >= 15 is 0 Å². The summed E-state index contributed by atoms with van der Waals surface area (Å²) in [7, 11) is 1.49. The van der Waals surface area contributed by atoms with Crippen LogP contribution in [0, 0.1) is 22.7 Å². The van der Waals surface area contributed by atoms with Gasteiger partial charge in [-0.25, -0.2) is 0 Å². The smallest absolute Gasteiger partial charge is 0.252 e. The maximum Gasteiger partial charge on any atom is 0.252 e. The van der Waals surface area contributed by atoms with Gasteiger partial charge in [0, 0.05) is 19.3 Å². The van der Waals surface area contributed by atoms with E-state index in [0.717, 1.165) is 24.1 Å². The first-order valence-corrected chi connectivity index (χ1v) is 6.75. The molecular formula is C15H15N5O2. The molecule has 1 aliphatic heterocycles. The lowest BCUT2D eigenvalue weighted by molar-refractivity contribution is -0.122. The number of ether oxygens (including phenoxy) is 1. The van der Waals surface area contributed by atoms with E-state index < -0.39 is 0 Å². The molecule has 0 atom stereocenters. The van der Waals surface area contributed by atoms with Gasteiger partial charge in [0.2, 0.25) is 5.71 Å². The number of anilines is 2. The number of nitrogens with one attached hydrogen (secondary N) is 1. The van der Waals surface area contributed by atoms with Gasteiger partial charge in [0.25, 0.3) is 5.91 Å². The number of hydrazone groups is 1. The number of methoxy groups -OCH3 is 1. The number of aryl methyl sites for hydroxylation is 1. The largest absolute Gasteiger partial charge is 0.375 e. The van der Waals surface area contributed by atoms with Crippen molar-refractivity contribution < 1.29 is 9.53 Å². The molecule has 0 aromatic heterocycles. The molecule has 22 heavy (non-hydrogen) atoms. The van der Waals surface area contributed by atoms with Crippen molar-refractivity contribution in [2.24, 2.45) is 5.10 Å². The molecule has 0 saturated heterocycles. The van der Waals surface area contributed by atoms with Crippen LogP contribution in [-0.2, 0) is 16.0 Å². The summed E-state index contributed by atoms with van der Waals surface area (Å²) in [4.78, 5) is 13.8. The third-order valence-electron chi connectivity index (χ3n) is 3.28. The molecule has 2 rings (SSSR count). The number of benzene rings is 1. The molecule has 112 valence electrons. The number of fused-ring (bicyclic) bond motifs is 1. The predicted molar refractivity (Wildman–Crippen MR) is 81.3 cm³/mol. The molecule has 0 fully saturated rings. The Morgan fingerprint density at radius 2 is 2.23 bits per heavy atom. The van der Waals surface area contributed by atoms with Crippen molar-refractivity contribution in [3.05, 3.63) is 23.8 Å². The van der Waals surface area contributed by atoms with Crippen LogP contribution in [0.2, 0.25) is 0 Å². The highest BCUT2D eigenvalue weighted by molar-refractivity contribution is 6.10. The first-order chi connectivity index (χ1) is 10.7. The van der Waals surface area contributed by atoms with Gasteiger partial charge < -0.3 is 9.64 Å². The molecule has 0 radical (unpaired) electrons. The van der Waals surface area contributed by atoms with Gasteiger partial charge in [-0.2, -0.15) is 15.6 Å². The van der Waals surface area contributed by atoms with E-state index in [0.29, 0.717) is 12.2 Å². The lowest BCUT2D eigenvalue weighted by atomic mass is 10.0. The minimum atomic E-state index is -0.259. The third kappa shape index (κ3) is 3.40. The number of nitriles is 2. The summed E-state index contributed by atoms with van der Waals surface area (Å²) < 4.78 is 4.91. The van der Waals surface area contributed by atoms with E-state index in [1.165, 1.54) is 7.11 Å². The second kappa shape index (κ2) is 7.21. The molecule has 1 heterocycles. The Kier molecular flexibility index (Phi) is 5.07. The molecule has 0 spiro atoms. The Morgan fingerprint density at radius 1 is 1.45 bits per heavy atom. The van der Waals surface area contributed by atoms with E-state index in [2.05, 4.69) is 10.5 Å². The normalized spacial score (nSPS) is 12.6. The fraction of sp³-hybridized carbons (Fsp3) is 0.333. The molecule has 1 aromatic carbocycles. The zero-order valence-electron chi connectivity index (χ0n) is 12.2. The number of hydrogen-bond donors (Lipinski definition) is 1. The van der Waals surface area contributed by atoms with Crippen LogP contribution in [0.1, 0.15) is 12.0 Å². The lowest BCUT2D eigenvalue weighted by Crippen LogP contribution is -2.37. The molecule has 7 nitrogen and oxygen atoms in total. The Bertz CT molecular complexity index is 668. The monoisotopic (exact) mass is 297 g/mol. The second-order valence-corrected chi connectivity index (χ2v) is 4.72. The van der Waals surface area contributed by atoms with Gasteiger partial charge in [0.05, 0.1) is 5.69 Å². The summed E-state index contributed by atoms with van der Waals surface area (Å²) in [6.45, 7) is 0.672. The van der Waals surface area contributed by atoms with E-state index in [9.17, 15) is 4.79 Å². The van der Waals surface area contributed by atoms with E-state index in [4.69, 9.17) is 15.3 Å². The molecule has 0 saturated carbocycles.